The van der Waals surface area contributed by atoms with Crippen LogP contribution < -0.4 is 0 Å². The molecule has 0 saturated heterocycles. The molecule has 90 valence electrons. The number of hydrogen-bond acceptors (Lipinski definition) is 2. The first-order valence-corrected chi connectivity index (χ1v) is 4.69. The van der Waals surface area contributed by atoms with E-state index in [0.717, 1.165) is 4.68 Å². The molecule has 1 rings (SSSR count). The Morgan fingerprint density at radius 2 is 1.81 bits per heavy atom. The van der Waals surface area contributed by atoms with E-state index in [9.17, 15) is 18.0 Å². The Balaban J connectivity index is 3.18. The first kappa shape index (κ1) is 12.7. The minimum atomic E-state index is -4.86. The summed E-state index contributed by atoms with van der Waals surface area (Å²) in [7, 11) is 1.33. The molecule has 0 radical (unpaired) electrons. The van der Waals surface area contributed by atoms with Crippen molar-refractivity contribution in [1.82, 2.24) is 9.78 Å². The molecule has 0 atom stereocenters. The Bertz CT molecular complexity index is 413. The van der Waals surface area contributed by atoms with Crippen LogP contribution in [0.4, 0.5) is 13.2 Å². The van der Waals surface area contributed by atoms with Gasteiger partial charge in [-0.05, 0) is 6.07 Å². The second-order valence-corrected chi connectivity index (χ2v) is 4.62. The standard InChI is InChI=1S/C10H13F3N2O/c1-9(2,3)7-5-6(15(4)14-7)8(16)10(11,12)13/h5H,1-4H3. The average Bonchev–Trinajstić information content (AvgIpc) is 2.43. The van der Waals surface area contributed by atoms with E-state index in [-0.39, 0.29) is 5.41 Å². The SMILES string of the molecule is Cn1nc(C(C)(C)C)cc1C(=O)C(F)(F)F. The van der Waals surface area contributed by atoms with E-state index in [0.29, 0.717) is 5.69 Å². The van der Waals surface area contributed by atoms with Gasteiger partial charge in [0.05, 0.1) is 5.69 Å². The van der Waals surface area contributed by atoms with E-state index < -0.39 is 17.7 Å². The summed E-state index contributed by atoms with van der Waals surface area (Å²) in [5, 5.41) is 3.91. The summed E-state index contributed by atoms with van der Waals surface area (Å²) in [6.07, 6.45) is -4.86. The molecule has 0 bridgehead atoms. The highest BCUT2D eigenvalue weighted by Crippen LogP contribution is 2.25. The third-order valence-corrected chi connectivity index (χ3v) is 2.14. The zero-order valence-electron chi connectivity index (χ0n) is 9.51. The fourth-order valence-electron chi connectivity index (χ4n) is 1.19. The van der Waals surface area contributed by atoms with E-state index in [1.807, 2.05) is 20.8 Å². The second kappa shape index (κ2) is 3.61. The molecule has 6 heteroatoms. The summed E-state index contributed by atoms with van der Waals surface area (Å²) in [5.74, 6) is -1.86. The molecule has 0 spiro atoms. The van der Waals surface area contributed by atoms with Gasteiger partial charge in [0.25, 0.3) is 5.78 Å². The molecule has 0 fully saturated rings. The number of carbonyl (C=O) groups excluding carboxylic acids is 1. The number of halogens is 3. The van der Waals surface area contributed by atoms with Gasteiger partial charge in [-0.25, -0.2) is 0 Å². The Morgan fingerprint density at radius 1 is 1.31 bits per heavy atom. The van der Waals surface area contributed by atoms with Crippen LogP contribution in [0.15, 0.2) is 6.07 Å². The highest BCUT2D eigenvalue weighted by Gasteiger charge is 2.41. The quantitative estimate of drug-likeness (QED) is 0.699. The molecule has 0 unspecified atom stereocenters. The lowest BCUT2D eigenvalue weighted by atomic mass is 9.92. The van der Waals surface area contributed by atoms with Gasteiger partial charge < -0.3 is 0 Å². The summed E-state index contributed by atoms with van der Waals surface area (Å²) < 4.78 is 37.7. The van der Waals surface area contributed by atoms with Gasteiger partial charge in [-0.15, -0.1) is 0 Å². The van der Waals surface area contributed by atoms with Crippen LogP contribution in [0.1, 0.15) is 37.0 Å². The number of Topliss-reactive ketones (excluding diaryl/α,β-unsaturated/α-hetero) is 1. The van der Waals surface area contributed by atoms with E-state index in [1.165, 1.54) is 13.1 Å². The molecule has 1 aromatic rings. The maximum absolute atomic E-state index is 12.2. The topological polar surface area (TPSA) is 34.9 Å². The number of rotatable bonds is 1. The third kappa shape index (κ3) is 2.43. The monoisotopic (exact) mass is 234 g/mol. The maximum Gasteiger partial charge on any atom is 0.456 e. The summed E-state index contributed by atoms with van der Waals surface area (Å²) >= 11 is 0. The van der Waals surface area contributed by atoms with Crippen LogP contribution >= 0.6 is 0 Å². The normalized spacial score (nSPS) is 12.9. The molecule has 1 aromatic heterocycles. The van der Waals surface area contributed by atoms with Crippen molar-refractivity contribution in [3.63, 3.8) is 0 Å². The van der Waals surface area contributed by atoms with Crippen molar-refractivity contribution in [2.45, 2.75) is 32.4 Å². The smallest absolute Gasteiger partial charge is 0.282 e. The molecular formula is C10H13F3N2O. The van der Waals surface area contributed by atoms with Gasteiger partial charge in [0, 0.05) is 12.5 Å². The Kier molecular flexibility index (Phi) is 2.87. The molecule has 0 aliphatic carbocycles. The molecule has 0 aromatic carbocycles. The summed E-state index contributed by atoms with van der Waals surface area (Å²) in [5.41, 5.74) is -0.359. The molecule has 0 saturated carbocycles. The number of hydrogen-bond donors (Lipinski definition) is 0. The predicted octanol–water partition coefficient (Wildman–Crippen LogP) is 2.46. The van der Waals surface area contributed by atoms with Crippen LogP contribution in [0.3, 0.4) is 0 Å². The Labute approximate surface area is 91.3 Å². The number of alkyl halides is 3. The fraction of sp³-hybridized carbons (Fsp3) is 0.600. The number of ketones is 1. The zero-order chi connectivity index (χ0) is 12.7. The van der Waals surface area contributed by atoms with Crippen molar-refractivity contribution in [2.75, 3.05) is 0 Å². The lowest BCUT2D eigenvalue weighted by molar-refractivity contribution is -0.0890. The van der Waals surface area contributed by atoms with Crippen molar-refractivity contribution in [1.29, 1.82) is 0 Å². The van der Waals surface area contributed by atoms with Gasteiger partial charge in [0.2, 0.25) is 0 Å². The van der Waals surface area contributed by atoms with Crippen molar-refractivity contribution in [3.8, 4) is 0 Å². The van der Waals surface area contributed by atoms with E-state index >= 15 is 0 Å². The Morgan fingerprint density at radius 3 is 2.12 bits per heavy atom. The highest BCUT2D eigenvalue weighted by molar-refractivity contribution is 5.98. The number of carbonyl (C=O) groups is 1. The summed E-state index contributed by atoms with van der Waals surface area (Å²) in [4.78, 5) is 11.0. The average molecular weight is 234 g/mol. The molecule has 3 nitrogen and oxygen atoms in total. The molecule has 1 heterocycles. The minimum Gasteiger partial charge on any atom is -0.282 e. The molecular weight excluding hydrogens is 221 g/mol. The molecule has 16 heavy (non-hydrogen) atoms. The second-order valence-electron chi connectivity index (χ2n) is 4.62. The summed E-state index contributed by atoms with van der Waals surface area (Å²) in [6.45, 7) is 5.45. The van der Waals surface area contributed by atoms with Crippen molar-refractivity contribution >= 4 is 5.78 Å². The van der Waals surface area contributed by atoms with Crippen LogP contribution in [0, 0.1) is 0 Å². The molecule has 0 aliphatic rings. The van der Waals surface area contributed by atoms with Crippen LogP contribution in [-0.2, 0) is 12.5 Å². The third-order valence-electron chi connectivity index (χ3n) is 2.14. The first-order valence-electron chi connectivity index (χ1n) is 4.69. The van der Waals surface area contributed by atoms with Crippen LogP contribution in [-0.4, -0.2) is 21.7 Å². The highest BCUT2D eigenvalue weighted by atomic mass is 19.4. The van der Waals surface area contributed by atoms with E-state index in [1.54, 1.807) is 0 Å². The van der Waals surface area contributed by atoms with Crippen molar-refractivity contribution in [3.05, 3.63) is 17.5 Å². The largest absolute Gasteiger partial charge is 0.456 e. The molecule has 0 aliphatic heterocycles. The van der Waals surface area contributed by atoms with Crippen molar-refractivity contribution in [2.24, 2.45) is 7.05 Å². The van der Waals surface area contributed by atoms with Crippen LogP contribution in [0.2, 0.25) is 0 Å². The zero-order valence-corrected chi connectivity index (χ0v) is 9.51. The van der Waals surface area contributed by atoms with Gasteiger partial charge in [-0.1, -0.05) is 20.8 Å². The van der Waals surface area contributed by atoms with Crippen molar-refractivity contribution < 1.29 is 18.0 Å². The van der Waals surface area contributed by atoms with Gasteiger partial charge in [-0.3, -0.25) is 9.48 Å². The maximum atomic E-state index is 12.2. The van der Waals surface area contributed by atoms with Gasteiger partial charge in [-0.2, -0.15) is 18.3 Å². The van der Waals surface area contributed by atoms with E-state index in [2.05, 4.69) is 5.10 Å². The van der Waals surface area contributed by atoms with Crippen LogP contribution in [0.5, 0.6) is 0 Å². The minimum absolute atomic E-state index is 0.387. The van der Waals surface area contributed by atoms with Crippen LogP contribution in [0.25, 0.3) is 0 Å². The van der Waals surface area contributed by atoms with Gasteiger partial charge >= 0.3 is 6.18 Å². The lowest BCUT2D eigenvalue weighted by Gasteiger charge is -2.13. The lowest BCUT2D eigenvalue weighted by Crippen LogP contribution is -2.25. The fourth-order valence-corrected chi connectivity index (χ4v) is 1.19. The van der Waals surface area contributed by atoms with Gasteiger partial charge in [0.1, 0.15) is 5.69 Å². The number of aromatic nitrogens is 2. The Hall–Kier alpha value is -1.33. The van der Waals surface area contributed by atoms with Gasteiger partial charge in [0.15, 0.2) is 0 Å². The number of aryl methyl sites for hydroxylation is 1. The predicted molar refractivity (Wildman–Crippen MR) is 52.3 cm³/mol. The summed E-state index contributed by atoms with van der Waals surface area (Å²) in [6, 6.07) is 1.19. The number of nitrogens with zero attached hydrogens (tertiary/aromatic N) is 2. The van der Waals surface area contributed by atoms with E-state index in [4.69, 9.17) is 0 Å². The molecule has 0 amide bonds. The molecule has 0 N–H and O–H groups in total. The first-order chi connectivity index (χ1) is 7.03.